The van der Waals surface area contributed by atoms with Gasteiger partial charge in [-0.05, 0) is 5.56 Å². The summed E-state index contributed by atoms with van der Waals surface area (Å²) in [5.74, 6) is -0.0376. The topological polar surface area (TPSA) is 76.8 Å². The van der Waals surface area contributed by atoms with Gasteiger partial charge in [-0.25, -0.2) is 0 Å². The summed E-state index contributed by atoms with van der Waals surface area (Å²) in [6.07, 6.45) is 0.0363. The van der Waals surface area contributed by atoms with E-state index in [1.54, 1.807) is 7.11 Å². The summed E-state index contributed by atoms with van der Waals surface area (Å²) in [5, 5.41) is 3.12. The maximum absolute atomic E-state index is 12.3. The lowest BCUT2D eigenvalue weighted by Crippen LogP contribution is -2.44. The van der Waals surface area contributed by atoms with Crippen LogP contribution in [0.5, 0.6) is 0 Å². The predicted octanol–water partition coefficient (Wildman–Crippen LogP) is 1.38. The maximum atomic E-state index is 12.3. The Bertz CT molecular complexity index is 469. The lowest BCUT2D eigenvalue weighted by atomic mass is 10.1. The highest BCUT2D eigenvalue weighted by Crippen LogP contribution is 2.15. The number of morpholine rings is 1. The number of amides is 1. The molecule has 1 heterocycles. The van der Waals surface area contributed by atoms with Crippen molar-refractivity contribution in [3.63, 3.8) is 0 Å². The minimum absolute atomic E-state index is 0. The molecule has 1 amide bonds. The molecule has 8 heteroatoms. The lowest BCUT2D eigenvalue weighted by molar-refractivity contribution is -0.124. The third-order valence-corrected chi connectivity index (χ3v) is 4.09. The Balaban J connectivity index is 0.00000288. The van der Waals surface area contributed by atoms with E-state index in [4.69, 9.17) is 15.2 Å². The van der Waals surface area contributed by atoms with Gasteiger partial charge in [0.25, 0.3) is 0 Å². The third-order valence-electron chi connectivity index (χ3n) is 4.09. The van der Waals surface area contributed by atoms with E-state index in [-0.39, 0.29) is 49.3 Å². The molecule has 2 rings (SSSR count). The van der Waals surface area contributed by atoms with Gasteiger partial charge in [0, 0.05) is 33.3 Å². The molecule has 1 aliphatic heterocycles. The summed E-state index contributed by atoms with van der Waals surface area (Å²) in [6, 6.07) is 10.0. The molecule has 0 saturated carbocycles. The van der Waals surface area contributed by atoms with Gasteiger partial charge >= 0.3 is 0 Å². The number of benzene rings is 1. The number of nitrogens with two attached hydrogens (primary N) is 1. The Hall–Kier alpha value is -0.890. The Labute approximate surface area is 162 Å². The zero-order valence-corrected chi connectivity index (χ0v) is 16.2. The normalized spacial score (nSPS) is 16.9. The molecule has 3 N–H and O–H groups in total. The van der Waals surface area contributed by atoms with Crippen LogP contribution in [0.2, 0.25) is 0 Å². The molecule has 2 unspecified atom stereocenters. The van der Waals surface area contributed by atoms with Crippen molar-refractivity contribution in [3.05, 3.63) is 35.9 Å². The summed E-state index contributed by atoms with van der Waals surface area (Å²) < 4.78 is 10.6. The molecule has 1 aromatic carbocycles. The smallest absolute Gasteiger partial charge is 0.223 e. The molecule has 0 aromatic heterocycles. The van der Waals surface area contributed by atoms with E-state index in [1.165, 1.54) is 0 Å². The second-order valence-electron chi connectivity index (χ2n) is 5.74. The van der Waals surface area contributed by atoms with Crippen molar-refractivity contribution >= 4 is 30.7 Å². The third kappa shape index (κ3) is 8.35. The number of carbonyl (C=O) groups excluding carboxylic acids is 1. The molecule has 25 heavy (non-hydrogen) atoms. The van der Waals surface area contributed by atoms with E-state index in [1.807, 2.05) is 30.3 Å². The second kappa shape index (κ2) is 13.3. The summed E-state index contributed by atoms with van der Waals surface area (Å²) in [7, 11) is 1.58. The van der Waals surface area contributed by atoms with E-state index in [0.29, 0.717) is 6.54 Å². The van der Waals surface area contributed by atoms with Crippen LogP contribution in [0.15, 0.2) is 30.3 Å². The van der Waals surface area contributed by atoms with Crippen LogP contribution in [0.4, 0.5) is 0 Å². The average Bonchev–Trinajstić information content (AvgIpc) is 2.60. The van der Waals surface area contributed by atoms with Gasteiger partial charge in [-0.2, -0.15) is 0 Å². The quantitative estimate of drug-likeness (QED) is 0.697. The van der Waals surface area contributed by atoms with Gasteiger partial charge in [0.1, 0.15) is 0 Å². The van der Waals surface area contributed by atoms with Crippen molar-refractivity contribution in [1.82, 2.24) is 10.2 Å². The highest BCUT2D eigenvalue weighted by Gasteiger charge is 2.21. The SMILES string of the molecule is COC(CN)CC(=O)NC(CN1CCOCC1)c1ccccc1.Cl.Cl. The molecule has 2 atom stereocenters. The van der Waals surface area contributed by atoms with E-state index < -0.39 is 0 Å². The van der Waals surface area contributed by atoms with Gasteiger partial charge in [-0.15, -0.1) is 24.8 Å². The largest absolute Gasteiger partial charge is 0.380 e. The molecular weight excluding hydrogens is 365 g/mol. The Kier molecular flexibility index (Phi) is 12.9. The zero-order chi connectivity index (χ0) is 16.5. The molecule has 0 radical (unpaired) electrons. The van der Waals surface area contributed by atoms with E-state index >= 15 is 0 Å². The Morgan fingerprint density at radius 1 is 1.28 bits per heavy atom. The molecule has 1 aliphatic rings. The average molecular weight is 394 g/mol. The monoisotopic (exact) mass is 393 g/mol. The van der Waals surface area contributed by atoms with Crippen LogP contribution in [0, 0.1) is 0 Å². The number of rotatable bonds is 8. The van der Waals surface area contributed by atoms with Crippen LogP contribution in [0.25, 0.3) is 0 Å². The molecule has 0 spiro atoms. The fourth-order valence-corrected chi connectivity index (χ4v) is 2.68. The van der Waals surface area contributed by atoms with Gasteiger partial charge in [-0.3, -0.25) is 9.69 Å². The van der Waals surface area contributed by atoms with Gasteiger partial charge in [0.05, 0.1) is 31.8 Å². The van der Waals surface area contributed by atoms with Gasteiger partial charge in [-0.1, -0.05) is 30.3 Å². The molecule has 1 saturated heterocycles. The fourth-order valence-electron chi connectivity index (χ4n) is 2.68. The molecule has 6 nitrogen and oxygen atoms in total. The Morgan fingerprint density at radius 2 is 1.92 bits per heavy atom. The molecule has 144 valence electrons. The van der Waals surface area contributed by atoms with Gasteiger partial charge < -0.3 is 20.5 Å². The first-order chi connectivity index (χ1) is 11.2. The first-order valence-corrected chi connectivity index (χ1v) is 8.10. The van der Waals surface area contributed by atoms with E-state index in [9.17, 15) is 4.79 Å². The number of hydrogen-bond donors (Lipinski definition) is 2. The van der Waals surface area contributed by atoms with Crippen LogP contribution in [-0.2, 0) is 14.3 Å². The van der Waals surface area contributed by atoms with Crippen LogP contribution < -0.4 is 11.1 Å². The lowest BCUT2D eigenvalue weighted by Gasteiger charge is -2.31. The number of nitrogens with one attached hydrogen (secondary N) is 1. The van der Waals surface area contributed by atoms with Crippen molar-refractivity contribution in [2.75, 3.05) is 46.5 Å². The van der Waals surface area contributed by atoms with Crippen molar-refractivity contribution in [1.29, 1.82) is 0 Å². The van der Waals surface area contributed by atoms with Crippen LogP contribution in [-0.4, -0.2) is 63.4 Å². The molecule has 0 aliphatic carbocycles. The standard InChI is InChI=1S/C17H27N3O3.2ClH/c1-22-15(12-18)11-17(21)19-16(14-5-3-2-4-6-14)13-20-7-9-23-10-8-20;;/h2-6,15-16H,7-13,18H2,1H3,(H,19,21);2*1H. The molecular formula is C17H29Cl2N3O3. The molecule has 1 fully saturated rings. The minimum Gasteiger partial charge on any atom is -0.380 e. The number of nitrogens with zero attached hydrogens (tertiary/aromatic N) is 1. The number of methoxy groups -OCH3 is 1. The first-order valence-electron chi connectivity index (χ1n) is 8.10. The predicted molar refractivity (Wildman–Crippen MR) is 104 cm³/mol. The van der Waals surface area contributed by atoms with Gasteiger partial charge in [0.15, 0.2) is 0 Å². The first kappa shape index (κ1) is 24.1. The fraction of sp³-hybridized carbons (Fsp3) is 0.588. The molecule has 0 bridgehead atoms. The minimum atomic E-state index is -0.241. The highest BCUT2D eigenvalue weighted by atomic mass is 35.5. The summed E-state index contributed by atoms with van der Waals surface area (Å²) >= 11 is 0. The van der Waals surface area contributed by atoms with Crippen molar-refractivity contribution in [3.8, 4) is 0 Å². The maximum Gasteiger partial charge on any atom is 0.223 e. The van der Waals surface area contributed by atoms with Gasteiger partial charge in [0.2, 0.25) is 5.91 Å². The summed E-state index contributed by atoms with van der Waals surface area (Å²) in [6.45, 7) is 4.39. The van der Waals surface area contributed by atoms with Crippen LogP contribution in [0.1, 0.15) is 18.0 Å². The van der Waals surface area contributed by atoms with E-state index in [2.05, 4.69) is 10.2 Å². The number of carbonyl (C=O) groups is 1. The highest BCUT2D eigenvalue weighted by molar-refractivity contribution is 5.85. The van der Waals surface area contributed by atoms with E-state index in [0.717, 1.165) is 38.4 Å². The zero-order valence-electron chi connectivity index (χ0n) is 14.6. The van der Waals surface area contributed by atoms with Crippen LogP contribution in [0.3, 0.4) is 0 Å². The van der Waals surface area contributed by atoms with Crippen molar-refractivity contribution in [2.45, 2.75) is 18.6 Å². The van der Waals surface area contributed by atoms with Crippen LogP contribution >= 0.6 is 24.8 Å². The summed E-state index contributed by atoms with van der Waals surface area (Å²) in [5.41, 5.74) is 6.70. The molecule has 1 aromatic rings. The van der Waals surface area contributed by atoms with Crippen molar-refractivity contribution in [2.24, 2.45) is 5.73 Å². The summed E-state index contributed by atoms with van der Waals surface area (Å²) in [4.78, 5) is 14.6. The number of halogens is 2. The van der Waals surface area contributed by atoms with Crippen molar-refractivity contribution < 1.29 is 14.3 Å². The number of ether oxygens (including phenoxy) is 2. The number of hydrogen-bond acceptors (Lipinski definition) is 5. The second-order valence-corrected chi connectivity index (χ2v) is 5.74. The Morgan fingerprint density at radius 3 is 2.48 bits per heavy atom.